The second-order valence-electron chi connectivity index (χ2n) is 9.40. The first-order valence-electron chi connectivity index (χ1n) is 12.2. The Labute approximate surface area is 222 Å². The maximum atomic E-state index is 12.6. The summed E-state index contributed by atoms with van der Waals surface area (Å²) < 4.78 is 0. The second kappa shape index (κ2) is 12.6. The number of pyridine rings is 2. The Bertz CT molecular complexity index is 1020. The molecule has 2 aliphatic heterocycles. The van der Waals surface area contributed by atoms with Crippen LogP contribution < -0.4 is 10.6 Å². The number of carbonyl (C=O) groups is 2. The van der Waals surface area contributed by atoms with E-state index < -0.39 is 0 Å². The lowest BCUT2D eigenvalue weighted by atomic mass is 9.77. The van der Waals surface area contributed by atoms with E-state index in [9.17, 15) is 9.59 Å². The third kappa shape index (κ3) is 6.60. The molecular weight excluding hydrogens is 507 g/mol. The van der Waals surface area contributed by atoms with Crippen LogP contribution >= 0.6 is 34.8 Å². The summed E-state index contributed by atoms with van der Waals surface area (Å²) >= 11 is 17.5. The molecule has 2 unspecified atom stereocenters. The maximum Gasteiger partial charge on any atom is 0.188 e. The lowest BCUT2D eigenvalue weighted by Crippen LogP contribution is -2.34. The molecule has 35 heavy (non-hydrogen) atoms. The van der Waals surface area contributed by atoms with Gasteiger partial charge < -0.3 is 10.6 Å². The smallest absolute Gasteiger partial charge is 0.188 e. The van der Waals surface area contributed by atoms with E-state index in [4.69, 9.17) is 34.8 Å². The summed E-state index contributed by atoms with van der Waals surface area (Å²) in [6.07, 6.45) is 7.10. The molecule has 2 saturated heterocycles. The molecule has 0 radical (unpaired) electrons. The summed E-state index contributed by atoms with van der Waals surface area (Å²) in [5.41, 5.74) is 0.377. The Morgan fingerprint density at radius 3 is 1.83 bits per heavy atom. The van der Waals surface area contributed by atoms with Crippen molar-refractivity contribution in [2.75, 3.05) is 26.2 Å². The number of aromatic nitrogens is 2. The van der Waals surface area contributed by atoms with Crippen LogP contribution in [0.4, 0.5) is 0 Å². The predicted octanol–water partition coefficient (Wildman–Crippen LogP) is 6.05. The molecule has 4 heterocycles. The fourth-order valence-electron chi connectivity index (χ4n) is 5.08. The number of hydrogen-bond donors (Lipinski definition) is 2. The van der Waals surface area contributed by atoms with E-state index in [1.54, 1.807) is 24.3 Å². The Balaban J connectivity index is 0.000000196. The molecule has 2 aromatic heterocycles. The first kappa shape index (κ1) is 28.0. The van der Waals surface area contributed by atoms with E-state index in [0.717, 1.165) is 64.7 Å². The monoisotopic (exact) mass is 538 g/mol. The van der Waals surface area contributed by atoms with Crippen LogP contribution in [0.5, 0.6) is 0 Å². The van der Waals surface area contributed by atoms with Gasteiger partial charge in [-0.05, 0) is 63.0 Å². The molecule has 6 nitrogen and oxygen atoms in total. The first-order valence-corrected chi connectivity index (χ1v) is 13.3. The summed E-state index contributed by atoms with van der Waals surface area (Å²) in [5.74, 6) is 0.230. The minimum absolute atomic E-state index is 0.0768. The highest BCUT2D eigenvalue weighted by Gasteiger charge is 2.42. The van der Waals surface area contributed by atoms with Crippen molar-refractivity contribution < 1.29 is 9.59 Å². The van der Waals surface area contributed by atoms with Crippen molar-refractivity contribution in [2.45, 2.75) is 52.4 Å². The van der Waals surface area contributed by atoms with Gasteiger partial charge in [-0.15, -0.1) is 0 Å². The number of hydrogen-bond acceptors (Lipinski definition) is 6. The highest BCUT2D eigenvalue weighted by molar-refractivity contribution is 6.41. The fourth-order valence-corrected chi connectivity index (χ4v) is 5.45. The van der Waals surface area contributed by atoms with Crippen LogP contribution in [0.2, 0.25) is 15.2 Å². The van der Waals surface area contributed by atoms with Gasteiger partial charge in [-0.25, -0.2) is 4.98 Å². The molecule has 2 N–H and O–H groups in total. The molecule has 0 aliphatic carbocycles. The van der Waals surface area contributed by atoms with Crippen molar-refractivity contribution in [3.63, 3.8) is 0 Å². The molecule has 9 heteroatoms. The van der Waals surface area contributed by atoms with Crippen molar-refractivity contribution in [3.8, 4) is 0 Å². The van der Waals surface area contributed by atoms with Gasteiger partial charge >= 0.3 is 0 Å². The molecule has 190 valence electrons. The third-order valence-corrected chi connectivity index (χ3v) is 7.82. The van der Waals surface area contributed by atoms with Gasteiger partial charge in [-0.1, -0.05) is 61.5 Å². The van der Waals surface area contributed by atoms with Gasteiger partial charge in [-0.3, -0.25) is 14.6 Å². The molecule has 0 spiro atoms. The van der Waals surface area contributed by atoms with E-state index in [1.165, 1.54) is 6.20 Å². The van der Waals surface area contributed by atoms with Crippen LogP contribution in [-0.4, -0.2) is 47.7 Å². The van der Waals surface area contributed by atoms with Crippen LogP contribution in [0.15, 0.2) is 30.5 Å². The molecule has 0 amide bonds. The molecule has 2 fully saturated rings. The number of carbonyl (C=O) groups excluding carboxylic acids is 2. The van der Waals surface area contributed by atoms with Crippen LogP contribution in [0.3, 0.4) is 0 Å². The van der Waals surface area contributed by atoms with E-state index in [1.807, 2.05) is 0 Å². The number of rotatable bonds is 8. The number of halogens is 3. The number of nitrogens with one attached hydrogen (secondary N) is 2. The normalized spacial score (nSPS) is 23.6. The van der Waals surface area contributed by atoms with Crippen molar-refractivity contribution in [1.82, 2.24) is 20.6 Å². The van der Waals surface area contributed by atoms with Gasteiger partial charge in [0.15, 0.2) is 11.6 Å². The van der Waals surface area contributed by atoms with Crippen molar-refractivity contribution in [1.29, 1.82) is 0 Å². The minimum atomic E-state index is -0.321. The van der Waals surface area contributed by atoms with Crippen LogP contribution in [0.1, 0.15) is 73.3 Å². The van der Waals surface area contributed by atoms with Gasteiger partial charge in [0, 0.05) is 30.1 Å². The molecule has 2 atom stereocenters. The number of nitrogens with zero attached hydrogens (tertiary/aromatic N) is 2. The fraction of sp³-hybridized carbons (Fsp3) is 0.538. The van der Waals surface area contributed by atoms with Gasteiger partial charge in [0.25, 0.3) is 0 Å². The topological polar surface area (TPSA) is 84.0 Å². The van der Waals surface area contributed by atoms with Gasteiger partial charge in [0.2, 0.25) is 0 Å². The molecular formula is C26H33Cl3N4O2. The summed E-state index contributed by atoms with van der Waals surface area (Å²) in [5, 5.41) is 7.69. The van der Waals surface area contributed by atoms with Gasteiger partial charge in [0.1, 0.15) is 16.5 Å². The lowest BCUT2D eigenvalue weighted by Gasteiger charge is -2.25. The Hall–Kier alpha value is -1.57. The standard InChI is InChI=1S/C13H16Cl2N2O.C13H17ClN2O/c1-2-5-13(6-7-16-8-13)11(18)10-4-3-9(14)12(15)17-10;1-2-5-13(6-7-15-9-13)12(17)11-4-3-10(14)8-16-11/h3-4,16H,2,5-8H2,1H3;3-4,8,15H,2,5-7,9H2,1H3. The van der Waals surface area contributed by atoms with E-state index in [-0.39, 0.29) is 27.5 Å². The molecule has 4 rings (SSSR count). The minimum Gasteiger partial charge on any atom is -0.316 e. The zero-order valence-electron chi connectivity index (χ0n) is 20.3. The number of Topliss-reactive ketones (excluding diaryl/α,β-unsaturated/α-hetero) is 2. The van der Waals surface area contributed by atoms with E-state index in [0.29, 0.717) is 21.4 Å². The molecule has 2 aliphatic rings. The molecule has 0 saturated carbocycles. The van der Waals surface area contributed by atoms with Gasteiger partial charge in [-0.2, -0.15) is 0 Å². The summed E-state index contributed by atoms with van der Waals surface area (Å²) in [6.45, 7) is 7.50. The molecule has 0 bridgehead atoms. The predicted molar refractivity (Wildman–Crippen MR) is 142 cm³/mol. The zero-order chi connectivity index (χ0) is 25.5. The van der Waals surface area contributed by atoms with Crippen molar-refractivity contribution in [2.24, 2.45) is 10.8 Å². The Kier molecular flexibility index (Phi) is 10.1. The third-order valence-electron chi connectivity index (χ3n) is 6.90. The highest BCUT2D eigenvalue weighted by atomic mass is 35.5. The summed E-state index contributed by atoms with van der Waals surface area (Å²) in [6, 6.07) is 6.74. The lowest BCUT2D eigenvalue weighted by molar-refractivity contribution is 0.0790. The molecule has 0 aromatic carbocycles. The van der Waals surface area contributed by atoms with Crippen LogP contribution in [-0.2, 0) is 0 Å². The first-order chi connectivity index (χ1) is 16.8. The summed E-state index contributed by atoms with van der Waals surface area (Å²) in [4.78, 5) is 33.4. The average Bonchev–Trinajstić information content (AvgIpc) is 3.53. The average molecular weight is 540 g/mol. The summed E-state index contributed by atoms with van der Waals surface area (Å²) in [7, 11) is 0. The maximum absolute atomic E-state index is 12.6. The quantitative estimate of drug-likeness (QED) is 0.314. The zero-order valence-corrected chi connectivity index (χ0v) is 22.6. The van der Waals surface area contributed by atoms with E-state index in [2.05, 4.69) is 34.4 Å². The highest BCUT2D eigenvalue weighted by Crippen LogP contribution is 2.36. The van der Waals surface area contributed by atoms with E-state index >= 15 is 0 Å². The Morgan fingerprint density at radius 2 is 1.40 bits per heavy atom. The Morgan fingerprint density at radius 1 is 0.857 bits per heavy atom. The van der Waals surface area contributed by atoms with Crippen molar-refractivity contribution >= 4 is 46.4 Å². The van der Waals surface area contributed by atoms with Crippen molar-refractivity contribution in [3.05, 3.63) is 57.0 Å². The largest absolute Gasteiger partial charge is 0.316 e. The van der Waals surface area contributed by atoms with Crippen LogP contribution in [0.25, 0.3) is 0 Å². The SMILES string of the molecule is CCCC1(C(=O)c2ccc(Cl)c(Cl)n2)CCNC1.CCCC1(C(=O)c2ccc(Cl)cn2)CCNC1. The second-order valence-corrected chi connectivity index (χ2v) is 10.6. The van der Waals surface area contributed by atoms with Crippen LogP contribution in [0, 0.1) is 10.8 Å². The van der Waals surface area contributed by atoms with Gasteiger partial charge in [0.05, 0.1) is 10.0 Å². The number of ketones is 2. The molecule has 2 aromatic rings.